The van der Waals surface area contributed by atoms with Crippen LogP contribution in [-0.2, 0) is 4.79 Å². The van der Waals surface area contributed by atoms with Gasteiger partial charge in [-0.25, -0.2) is 0 Å². The maximum Gasteiger partial charge on any atom is 0.225 e. The number of halogens is 1. The lowest BCUT2D eigenvalue weighted by Crippen LogP contribution is -2.18. The molecule has 0 atom stereocenters. The number of amides is 1. The molecule has 1 amide bonds. The molecule has 0 radical (unpaired) electrons. The third-order valence-electron chi connectivity index (χ3n) is 2.33. The largest absolute Gasteiger partial charge is 0.326 e. The van der Waals surface area contributed by atoms with Crippen molar-refractivity contribution < 1.29 is 4.79 Å². The van der Waals surface area contributed by atoms with Gasteiger partial charge in [0.2, 0.25) is 5.91 Å². The number of nitrogens with one attached hydrogen (secondary N) is 3. The van der Waals surface area contributed by atoms with E-state index in [0.717, 1.165) is 16.6 Å². The Morgan fingerprint density at radius 1 is 1.47 bits per heavy atom. The summed E-state index contributed by atoms with van der Waals surface area (Å²) in [6.45, 7) is 0.679. The zero-order chi connectivity index (χ0) is 11.4. The van der Waals surface area contributed by atoms with E-state index in [1.165, 1.54) is 0 Å². The Balaban J connectivity index is 0.00000144. The van der Waals surface area contributed by atoms with Crippen LogP contribution in [-0.4, -0.2) is 29.7 Å². The number of aromatic amines is 1. The monoisotopic (exact) mass is 254 g/mol. The van der Waals surface area contributed by atoms with Gasteiger partial charge in [0.05, 0.1) is 11.7 Å². The van der Waals surface area contributed by atoms with Crippen LogP contribution in [0.4, 0.5) is 5.69 Å². The maximum absolute atomic E-state index is 11.5. The van der Waals surface area contributed by atoms with Gasteiger partial charge in [-0.05, 0) is 25.2 Å². The summed E-state index contributed by atoms with van der Waals surface area (Å²) >= 11 is 0. The predicted molar refractivity (Wildman–Crippen MR) is 70.5 cm³/mol. The van der Waals surface area contributed by atoms with E-state index in [-0.39, 0.29) is 18.3 Å². The summed E-state index contributed by atoms with van der Waals surface area (Å²) in [5, 5.41) is 13.6. The SMILES string of the molecule is CNCCC(=O)Nc1ccc2cn[nH]c2c1.Cl. The van der Waals surface area contributed by atoms with E-state index in [1.54, 1.807) is 6.20 Å². The Morgan fingerprint density at radius 2 is 2.29 bits per heavy atom. The van der Waals surface area contributed by atoms with Crippen molar-refractivity contribution in [2.45, 2.75) is 6.42 Å². The van der Waals surface area contributed by atoms with Crippen molar-refractivity contribution in [1.29, 1.82) is 0 Å². The summed E-state index contributed by atoms with van der Waals surface area (Å²) in [4.78, 5) is 11.5. The molecule has 1 aromatic carbocycles. The maximum atomic E-state index is 11.5. The van der Waals surface area contributed by atoms with Crippen LogP contribution in [0.25, 0.3) is 10.9 Å². The zero-order valence-electron chi connectivity index (χ0n) is 9.49. The second kappa shape index (κ2) is 6.22. The van der Waals surface area contributed by atoms with Crippen LogP contribution in [0.3, 0.4) is 0 Å². The molecule has 17 heavy (non-hydrogen) atoms. The average Bonchev–Trinajstić information content (AvgIpc) is 2.73. The number of rotatable bonds is 4. The van der Waals surface area contributed by atoms with E-state index in [4.69, 9.17) is 0 Å². The first-order valence-corrected chi connectivity index (χ1v) is 5.17. The van der Waals surface area contributed by atoms with Gasteiger partial charge in [-0.1, -0.05) is 0 Å². The van der Waals surface area contributed by atoms with Crippen molar-refractivity contribution >= 4 is 34.9 Å². The number of carbonyl (C=O) groups excluding carboxylic acids is 1. The van der Waals surface area contributed by atoms with Crippen LogP contribution in [0.2, 0.25) is 0 Å². The minimum Gasteiger partial charge on any atom is -0.326 e. The van der Waals surface area contributed by atoms with Gasteiger partial charge in [0.15, 0.2) is 0 Å². The molecule has 0 fully saturated rings. The molecule has 2 aromatic rings. The molecule has 0 aliphatic heterocycles. The summed E-state index contributed by atoms with van der Waals surface area (Å²) in [6.07, 6.45) is 2.22. The first-order valence-electron chi connectivity index (χ1n) is 5.17. The fraction of sp³-hybridized carbons (Fsp3) is 0.273. The molecule has 0 bridgehead atoms. The van der Waals surface area contributed by atoms with Crippen molar-refractivity contribution in [3.05, 3.63) is 24.4 Å². The number of H-pyrrole nitrogens is 1. The molecule has 5 nitrogen and oxygen atoms in total. The van der Waals surface area contributed by atoms with E-state index < -0.39 is 0 Å². The lowest BCUT2D eigenvalue weighted by atomic mass is 10.2. The van der Waals surface area contributed by atoms with Gasteiger partial charge in [0.1, 0.15) is 0 Å². The van der Waals surface area contributed by atoms with Crippen molar-refractivity contribution in [3.8, 4) is 0 Å². The molecule has 92 valence electrons. The highest BCUT2D eigenvalue weighted by Gasteiger charge is 2.02. The van der Waals surface area contributed by atoms with Gasteiger partial charge in [0.25, 0.3) is 0 Å². The van der Waals surface area contributed by atoms with Crippen LogP contribution < -0.4 is 10.6 Å². The smallest absolute Gasteiger partial charge is 0.225 e. The van der Waals surface area contributed by atoms with E-state index in [2.05, 4.69) is 20.8 Å². The molecule has 0 saturated carbocycles. The molecule has 2 rings (SSSR count). The molecule has 6 heteroatoms. The first-order chi connectivity index (χ1) is 7.79. The topological polar surface area (TPSA) is 69.8 Å². The third-order valence-corrected chi connectivity index (χ3v) is 2.33. The van der Waals surface area contributed by atoms with Crippen LogP contribution in [0.15, 0.2) is 24.4 Å². The number of anilines is 1. The van der Waals surface area contributed by atoms with E-state index in [0.29, 0.717) is 13.0 Å². The van der Waals surface area contributed by atoms with Gasteiger partial charge in [-0.3, -0.25) is 9.89 Å². The Labute approximate surface area is 105 Å². The number of hydrogen-bond acceptors (Lipinski definition) is 3. The highest BCUT2D eigenvalue weighted by Crippen LogP contribution is 2.16. The van der Waals surface area contributed by atoms with Gasteiger partial charge in [-0.2, -0.15) is 5.10 Å². The predicted octanol–water partition coefficient (Wildman–Crippen LogP) is 1.53. The third kappa shape index (κ3) is 3.44. The minimum atomic E-state index is 0. The molecular formula is C11H15ClN4O. The van der Waals surface area contributed by atoms with Gasteiger partial charge < -0.3 is 10.6 Å². The van der Waals surface area contributed by atoms with Crippen molar-refractivity contribution in [3.63, 3.8) is 0 Å². The van der Waals surface area contributed by atoms with Gasteiger partial charge in [-0.15, -0.1) is 12.4 Å². The van der Waals surface area contributed by atoms with Crippen LogP contribution in [0, 0.1) is 0 Å². The Bertz CT molecular complexity index is 497. The second-order valence-corrected chi connectivity index (χ2v) is 3.57. The summed E-state index contributed by atoms with van der Waals surface area (Å²) in [5.74, 6) is 0.00761. The highest BCUT2D eigenvalue weighted by atomic mass is 35.5. The fourth-order valence-electron chi connectivity index (χ4n) is 1.48. The lowest BCUT2D eigenvalue weighted by Gasteiger charge is -2.04. The molecule has 3 N–H and O–H groups in total. The molecule has 1 heterocycles. The standard InChI is InChI=1S/C11H14N4O.ClH/c1-12-5-4-11(16)14-9-3-2-8-7-13-15-10(8)6-9;/h2-3,6-7,12H,4-5H2,1H3,(H,13,15)(H,14,16);1H. The number of carbonyl (C=O) groups is 1. The number of nitrogens with zero attached hydrogens (tertiary/aromatic N) is 1. The number of hydrogen-bond donors (Lipinski definition) is 3. The van der Waals surface area contributed by atoms with E-state index in [1.807, 2.05) is 25.2 Å². The van der Waals surface area contributed by atoms with Crippen molar-refractivity contribution in [2.24, 2.45) is 0 Å². The number of fused-ring (bicyclic) bond motifs is 1. The van der Waals surface area contributed by atoms with Gasteiger partial charge in [0, 0.05) is 24.0 Å². The molecular weight excluding hydrogens is 240 g/mol. The fourth-order valence-corrected chi connectivity index (χ4v) is 1.48. The average molecular weight is 255 g/mol. The highest BCUT2D eigenvalue weighted by molar-refractivity contribution is 5.93. The van der Waals surface area contributed by atoms with Gasteiger partial charge >= 0.3 is 0 Å². The van der Waals surface area contributed by atoms with E-state index >= 15 is 0 Å². The van der Waals surface area contributed by atoms with Crippen LogP contribution in [0.5, 0.6) is 0 Å². The van der Waals surface area contributed by atoms with Crippen LogP contribution >= 0.6 is 12.4 Å². The first kappa shape index (κ1) is 13.5. The molecule has 1 aromatic heterocycles. The summed E-state index contributed by atoms with van der Waals surface area (Å²) in [7, 11) is 1.82. The Hall–Kier alpha value is -1.59. The molecule has 0 aliphatic rings. The zero-order valence-corrected chi connectivity index (χ0v) is 10.3. The Morgan fingerprint density at radius 3 is 3.06 bits per heavy atom. The van der Waals surface area contributed by atoms with Crippen LogP contribution in [0.1, 0.15) is 6.42 Å². The van der Waals surface area contributed by atoms with Crippen molar-refractivity contribution in [2.75, 3.05) is 18.9 Å². The number of benzene rings is 1. The van der Waals surface area contributed by atoms with Crippen molar-refractivity contribution in [1.82, 2.24) is 15.5 Å². The summed E-state index contributed by atoms with van der Waals surface area (Å²) in [6, 6.07) is 5.67. The van der Waals surface area contributed by atoms with E-state index in [9.17, 15) is 4.79 Å². The second-order valence-electron chi connectivity index (χ2n) is 3.57. The molecule has 0 unspecified atom stereocenters. The molecule has 0 saturated heterocycles. The number of aromatic nitrogens is 2. The molecule has 0 aliphatic carbocycles. The quantitative estimate of drug-likeness (QED) is 0.775. The normalized spacial score (nSPS) is 9.94. The lowest BCUT2D eigenvalue weighted by molar-refractivity contribution is -0.116. The summed E-state index contributed by atoms with van der Waals surface area (Å²) < 4.78 is 0. The Kier molecular flexibility index (Phi) is 4.93. The molecule has 0 spiro atoms. The summed E-state index contributed by atoms with van der Waals surface area (Å²) in [5.41, 5.74) is 1.71. The minimum absolute atomic E-state index is 0.